The zero-order valence-corrected chi connectivity index (χ0v) is 13.3. The Morgan fingerprint density at radius 2 is 1.68 bits per heavy atom. The molecule has 0 aliphatic rings. The first-order chi connectivity index (χ1) is 8.86. The molecule has 0 saturated carbocycles. The zero-order chi connectivity index (χ0) is 14.8. The fourth-order valence-corrected chi connectivity index (χ4v) is 2.23. The van der Waals surface area contributed by atoms with Crippen molar-refractivity contribution in [1.82, 2.24) is 10.2 Å². The summed E-state index contributed by atoms with van der Waals surface area (Å²) < 4.78 is 0. The second kappa shape index (κ2) is 10.2. The van der Waals surface area contributed by atoms with Gasteiger partial charge in [0.1, 0.15) is 6.04 Å². The highest BCUT2D eigenvalue weighted by molar-refractivity contribution is 5.73. The Bertz CT molecular complexity index is 232. The molecule has 0 aromatic heterocycles. The number of nitrogens with zero attached hydrogens (tertiary/aromatic N) is 1. The van der Waals surface area contributed by atoms with E-state index in [0.29, 0.717) is 18.3 Å². The highest BCUT2D eigenvalue weighted by Gasteiger charge is 2.18. The third kappa shape index (κ3) is 9.91. The van der Waals surface area contributed by atoms with Crippen LogP contribution in [-0.4, -0.2) is 48.2 Å². The molecule has 4 heteroatoms. The van der Waals surface area contributed by atoms with E-state index in [1.54, 1.807) is 0 Å². The van der Waals surface area contributed by atoms with Gasteiger partial charge in [0.05, 0.1) is 0 Å². The molecular formula is C15H32N2O2. The number of rotatable bonds is 11. The first kappa shape index (κ1) is 18.4. The molecule has 0 spiro atoms. The van der Waals surface area contributed by atoms with Crippen LogP contribution in [0, 0.1) is 11.8 Å². The summed E-state index contributed by atoms with van der Waals surface area (Å²) in [6.07, 6.45) is 1.64. The Hall–Kier alpha value is -0.610. The van der Waals surface area contributed by atoms with Crippen molar-refractivity contribution >= 4 is 5.97 Å². The SMILES string of the molecule is CCCNC(CCN(CC(C)C)CC(C)C)C(=O)O. The van der Waals surface area contributed by atoms with E-state index in [4.69, 9.17) is 0 Å². The predicted molar refractivity (Wildman–Crippen MR) is 80.5 cm³/mol. The average Bonchev–Trinajstić information content (AvgIpc) is 2.26. The molecule has 4 nitrogen and oxygen atoms in total. The van der Waals surface area contributed by atoms with Gasteiger partial charge in [-0.1, -0.05) is 34.6 Å². The van der Waals surface area contributed by atoms with E-state index in [-0.39, 0.29) is 0 Å². The molecule has 1 unspecified atom stereocenters. The Labute approximate surface area is 118 Å². The van der Waals surface area contributed by atoms with Crippen LogP contribution in [0.15, 0.2) is 0 Å². The summed E-state index contributed by atoms with van der Waals surface area (Å²) in [6, 6.07) is -0.415. The third-order valence-electron chi connectivity index (χ3n) is 2.92. The fraction of sp³-hybridized carbons (Fsp3) is 0.933. The van der Waals surface area contributed by atoms with Gasteiger partial charge in [0.15, 0.2) is 0 Å². The molecule has 0 saturated heterocycles. The van der Waals surface area contributed by atoms with Crippen LogP contribution < -0.4 is 5.32 Å². The van der Waals surface area contributed by atoms with E-state index in [1.807, 2.05) is 0 Å². The molecule has 0 aromatic rings. The van der Waals surface area contributed by atoms with Crippen LogP contribution in [0.25, 0.3) is 0 Å². The number of hydrogen-bond donors (Lipinski definition) is 2. The van der Waals surface area contributed by atoms with Gasteiger partial charge in [-0.15, -0.1) is 0 Å². The molecule has 0 aromatic carbocycles. The molecule has 0 heterocycles. The summed E-state index contributed by atoms with van der Waals surface area (Å²) in [5.41, 5.74) is 0. The average molecular weight is 272 g/mol. The van der Waals surface area contributed by atoms with Gasteiger partial charge in [0, 0.05) is 19.6 Å². The van der Waals surface area contributed by atoms with Crippen molar-refractivity contribution in [1.29, 1.82) is 0 Å². The first-order valence-corrected chi connectivity index (χ1v) is 7.55. The Kier molecular flexibility index (Phi) is 9.88. The minimum atomic E-state index is -0.734. The topological polar surface area (TPSA) is 52.6 Å². The van der Waals surface area contributed by atoms with Gasteiger partial charge in [-0.3, -0.25) is 4.79 Å². The van der Waals surface area contributed by atoms with Crippen molar-refractivity contribution in [3.05, 3.63) is 0 Å². The van der Waals surface area contributed by atoms with E-state index in [0.717, 1.165) is 32.6 Å². The molecule has 2 N–H and O–H groups in total. The second-order valence-electron chi connectivity index (χ2n) is 6.18. The molecule has 0 fully saturated rings. The van der Waals surface area contributed by atoms with Gasteiger partial charge >= 0.3 is 5.97 Å². The number of aliphatic carboxylic acids is 1. The lowest BCUT2D eigenvalue weighted by Gasteiger charge is -2.27. The van der Waals surface area contributed by atoms with Gasteiger partial charge in [-0.25, -0.2) is 0 Å². The van der Waals surface area contributed by atoms with E-state index in [9.17, 15) is 9.90 Å². The Morgan fingerprint density at radius 3 is 2.05 bits per heavy atom. The minimum Gasteiger partial charge on any atom is -0.480 e. The normalized spacial score (nSPS) is 13.5. The van der Waals surface area contributed by atoms with Crippen molar-refractivity contribution in [2.24, 2.45) is 11.8 Å². The summed E-state index contributed by atoms with van der Waals surface area (Å²) in [5.74, 6) is 0.499. The smallest absolute Gasteiger partial charge is 0.320 e. The van der Waals surface area contributed by atoms with Crippen LogP contribution in [0.5, 0.6) is 0 Å². The summed E-state index contributed by atoms with van der Waals surface area (Å²) in [5, 5.41) is 12.3. The molecule has 1 atom stereocenters. The standard InChI is InChI=1S/C15H32N2O2/c1-6-8-16-14(15(18)19)7-9-17(10-12(2)3)11-13(4)5/h12-14,16H,6-11H2,1-5H3,(H,18,19). The molecule has 114 valence electrons. The third-order valence-corrected chi connectivity index (χ3v) is 2.92. The van der Waals surface area contributed by atoms with Crippen LogP contribution >= 0.6 is 0 Å². The van der Waals surface area contributed by atoms with Gasteiger partial charge in [0.25, 0.3) is 0 Å². The quantitative estimate of drug-likeness (QED) is 0.606. The number of hydrogen-bond acceptors (Lipinski definition) is 3. The molecule has 0 bridgehead atoms. The monoisotopic (exact) mass is 272 g/mol. The van der Waals surface area contributed by atoms with E-state index < -0.39 is 12.0 Å². The van der Waals surface area contributed by atoms with Gasteiger partial charge in [0.2, 0.25) is 0 Å². The van der Waals surface area contributed by atoms with Crippen molar-refractivity contribution in [3.63, 3.8) is 0 Å². The Balaban J connectivity index is 4.27. The molecule has 0 aliphatic heterocycles. The molecule has 0 aliphatic carbocycles. The van der Waals surface area contributed by atoms with E-state index in [1.165, 1.54) is 0 Å². The largest absolute Gasteiger partial charge is 0.480 e. The van der Waals surface area contributed by atoms with Gasteiger partial charge in [-0.2, -0.15) is 0 Å². The van der Waals surface area contributed by atoms with E-state index >= 15 is 0 Å². The van der Waals surface area contributed by atoms with E-state index in [2.05, 4.69) is 44.8 Å². The second-order valence-corrected chi connectivity index (χ2v) is 6.18. The maximum Gasteiger partial charge on any atom is 0.320 e. The number of carbonyl (C=O) groups is 1. The van der Waals surface area contributed by atoms with Crippen molar-refractivity contribution < 1.29 is 9.90 Å². The lowest BCUT2D eigenvalue weighted by Crippen LogP contribution is -2.41. The molecule has 0 amide bonds. The minimum absolute atomic E-state index is 0.415. The lowest BCUT2D eigenvalue weighted by molar-refractivity contribution is -0.139. The highest BCUT2D eigenvalue weighted by Crippen LogP contribution is 2.06. The van der Waals surface area contributed by atoms with Crippen molar-refractivity contribution in [3.8, 4) is 0 Å². The van der Waals surface area contributed by atoms with Gasteiger partial charge < -0.3 is 15.3 Å². The number of carboxylic acid groups (broad SMARTS) is 1. The summed E-state index contributed by atoms with van der Waals surface area (Å²) >= 11 is 0. The maximum atomic E-state index is 11.2. The van der Waals surface area contributed by atoms with Crippen LogP contribution in [0.2, 0.25) is 0 Å². The summed E-state index contributed by atoms with van der Waals surface area (Å²) in [4.78, 5) is 13.6. The van der Waals surface area contributed by atoms with Crippen molar-refractivity contribution in [2.75, 3.05) is 26.2 Å². The maximum absolute atomic E-state index is 11.2. The van der Waals surface area contributed by atoms with Crippen LogP contribution in [0.4, 0.5) is 0 Å². The molecule has 19 heavy (non-hydrogen) atoms. The molecule has 0 radical (unpaired) electrons. The predicted octanol–water partition coefficient (Wildman–Crippen LogP) is 2.44. The molecule has 0 rings (SSSR count). The fourth-order valence-electron chi connectivity index (χ4n) is 2.23. The zero-order valence-electron chi connectivity index (χ0n) is 13.3. The number of carboxylic acids is 1. The summed E-state index contributed by atoms with van der Waals surface area (Å²) in [7, 11) is 0. The first-order valence-electron chi connectivity index (χ1n) is 7.55. The Morgan fingerprint density at radius 1 is 1.16 bits per heavy atom. The van der Waals surface area contributed by atoms with Crippen LogP contribution in [0.3, 0.4) is 0 Å². The van der Waals surface area contributed by atoms with Crippen molar-refractivity contribution in [2.45, 2.75) is 53.5 Å². The van der Waals surface area contributed by atoms with Crippen LogP contribution in [0.1, 0.15) is 47.5 Å². The number of nitrogens with one attached hydrogen (secondary N) is 1. The van der Waals surface area contributed by atoms with Gasteiger partial charge in [-0.05, 0) is 31.2 Å². The lowest BCUT2D eigenvalue weighted by atomic mass is 10.1. The molecular weight excluding hydrogens is 240 g/mol. The summed E-state index contributed by atoms with van der Waals surface area (Å²) in [6.45, 7) is 14.6. The highest BCUT2D eigenvalue weighted by atomic mass is 16.4. The van der Waals surface area contributed by atoms with Crippen LogP contribution in [-0.2, 0) is 4.79 Å².